The molecule has 1 saturated heterocycles. The zero-order chi connectivity index (χ0) is 17.3. The van der Waals surface area contributed by atoms with Crippen LogP contribution in [0.25, 0.3) is 0 Å². The van der Waals surface area contributed by atoms with Gasteiger partial charge in [0.2, 0.25) is 0 Å². The molecule has 0 saturated carbocycles. The van der Waals surface area contributed by atoms with E-state index in [4.69, 9.17) is 4.74 Å². The van der Waals surface area contributed by atoms with Gasteiger partial charge in [0.05, 0.1) is 30.2 Å². The van der Waals surface area contributed by atoms with Gasteiger partial charge in [-0.2, -0.15) is 0 Å². The number of anilines is 2. The van der Waals surface area contributed by atoms with E-state index in [1.54, 1.807) is 37.7 Å². The number of hydrogen-bond donors (Lipinski definition) is 2. The molecule has 1 aromatic carbocycles. The Bertz CT molecular complexity index is 649. The minimum atomic E-state index is -1.12. The maximum Gasteiger partial charge on any atom is 0.339 e. The van der Waals surface area contributed by atoms with Crippen LogP contribution in [0.4, 0.5) is 11.4 Å². The molecule has 1 aromatic rings. The highest BCUT2D eigenvalue weighted by Crippen LogP contribution is 2.39. The second-order valence-electron chi connectivity index (χ2n) is 5.80. The van der Waals surface area contributed by atoms with Crippen LogP contribution < -0.4 is 9.80 Å². The van der Waals surface area contributed by atoms with E-state index in [9.17, 15) is 19.8 Å². The smallest absolute Gasteiger partial charge is 0.339 e. The van der Waals surface area contributed by atoms with Gasteiger partial charge in [-0.3, -0.25) is 0 Å². The molecule has 1 aliphatic rings. The van der Waals surface area contributed by atoms with Crippen molar-refractivity contribution in [3.8, 4) is 0 Å². The van der Waals surface area contributed by atoms with Gasteiger partial charge in [-0.05, 0) is 25.0 Å². The van der Waals surface area contributed by atoms with Crippen molar-refractivity contribution in [3.05, 3.63) is 22.3 Å². The minimum absolute atomic E-state index is 0.0393. The molecule has 1 aliphatic heterocycles. The number of rotatable bonds is 4. The van der Waals surface area contributed by atoms with E-state index in [1.165, 1.54) is 0 Å². The third kappa shape index (κ3) is 2.96. The summed E-state index contributed by atoms with van der Waals surface area (Å²) in [5.74, 6) is -2.24. The van der Waals surface area contributed by atoms with Gasteiger partial charge in [0.15, 0.2) is 0 Å². The molecular formula is C16H22N2O5. The van der Waals surface area contributed by atoms with Crippen molar-refractivity contribution in [1.82, 2.24) is 0 Å². The van der Waals surface area contributed by atoms with Gasteiger partial charge in [0, 0.05) is 27.2 Å². The number of hydrogen-bond acceptors (Lipinski definition) is 5. The van der Waals surface area contributed by atoms with Crippen molar-refractivity contribution >= 4 is 23.3 Å². The van der Waals surface area contributed by atoms with Crippen LogP contribution in [0.2, 0.25) is 0 Å². The van der Waals surface area contributed by atoms with Crippen LogP contribution in [-0.4, -0.2) is 62.6 Å². The van der Waals surface area contributed by atoms with Gasteiger partial charge in [0.25, 0.3) is 0 Å². The second-order valence-corrected chi connectivity index (χ2v) is 5.80. The highest BCUT2D eigenvalue weighted by atomic mass is 16.5. The molecule has 1 heterocycles. The Labute approximate surface area is 135 Å². The molecule has 0 unspecified atom stereocenters. The third-order valence-corrected chi connectivity index (χ3v) is 4.21. The first-order valence-corrected chi connectivity index (χ1v) is 7.41. The SMILES string of the molecule is Cc1c(C)c(N(C)C)c(C(=O)O)c(N2CCOCC2)c1C(=O)O. The first-order valence-electron chi connectivity index (χ1n) is 7.41. The van der Waals surface area contributed by atoms with E-state index in [2.05, 4.69) is 0 Å². The third-order valence-electron chi connectivity index (χ3n) is 4.21. The Morgan fingerprint density at radius 2 is 1.52 bits per heavy atom. The Morgan fingerprint density at radius 3 is 1.96 bits per heavy atom. The summed E-state index contributed by atoms with van der Waals surface area (Å²) in [7, 11) is 3.52. The number of carbonyl (C=O) groups is 2. The van der Waals surface area contributed by atoms with Gasteiger partial charge < -0.3 is 24.7 Å². The summed E-state index contributed by atoms with van der Waals surface area (Å²) < 4.78 is 5.31. The highest BCUT2D eigenvalue weighted by Gasteiger charge is 2.31. The quantitative estimate of drug-likeness (QED) is 0.870. The molecule has 0 amide bonds. The van der Waals surface area contributed by atoms with E-state index >= 15 is 0 Å². The van der Waals surface area contributed by atoms with Crippen molar-refractivity contribution in [1.29, 1.82) is 0 Å². The molecule has 23 heavy (non-hydrogen) atoms. The van der Waals surface area contributed by atoms with Crippen molar-refractivity contribution in [2.45, 2.75) is 13.8 Å². The lowest BCUT2D eigenvalue weighted by atomic mass is 9.92. The summed E-state index contributed by atoms with van der Waals surface area (Å²) in [5, 5.41) is 19.4. The van der Waals surface area contributed by atoms with Crippen molar-refractivity contribution < 1.29 is 24.5 Å². The first-order chi connectivity index (χ1) is 10.8. The van der Waals surface area contributed by atoms with Crippen LogP contribution in [0.5, 0.6) is 0 Å². The number of carboxylic acid groups (broad SMARTS) is 2. The Balaban J connectivity index is 2.87. The van der Waals surface area contributed by atoms with Gasteiger partial charge >= 0.3 is 11.9 Å². The fourth-order valence-electron chi connectivity index (χ4n) is 3.09. The molecule has 126 valence electrons. The van der Waals surface area contributed by atoms with E-state index in [0.717, 1.165) is 0 Å². The molecule has 0 bridgehead atoms. The summed E-state index contributed by atoms with van der Waals surface area (Å²) in [6.45, 7) is 5.31. The molecule has 0 radical (unpaired) electrons. The standard InChI is InChI=1S/C16H22N2O5/c1-9-10(2)13(17(3)4)12(16(21)22)14(11(9)15(19)20)18-5-7-23-8-6-18/h5-8H2,1-4H3,(H,19,20)(H,21,22). The zero-order valence-electron chi connectivity index (χ0n) is 13.8. The van der Waals surface area contributed by atoms with Crippen LogP contribution in [0.1, 0.15) is 31.8 Å². The van der Waals surface area contributed by atoms with Crippen molar-refractivity contribution in [2.24, 2.45) is 0 Å². The van der Waals surface area contributed by atoms with Gasteiger partial charge in [-0.1, -0.05) is 0 Å². The average Bonchev–Trinajstić information content (AvgIpc) is 2.48. The molecule has 2 N–H and O–H groups in total. The number of benzene rings is 1. The van der Waals surface area contributed by atoms with Crippen LogP contribution in [0.3, 0.4) is 0 Å². The zero-order valence-corrected chi connectivity index (χ0v) is 13.8. The number of nitrogens with zero attached hydrogens (tertiary/aromatic N) is 2. The lowest BCUT2D eigenvalue weighted by Gasteiger charge is -2.34. The van der Waals surface area contributed by atoms with Gasteiger partial charge in [-0.25, -0.2) is 9.59 Å². The number of carboxylic acids is 2. The molecule has 7 heteroatoms. The second kappa shape index (κ2) is 6.45. The molecule has 2 rings (SSSR count). The lowest BCUT2D eigenvalue weighted by molar-refractivity contribution is 0.0695. The summed E-state index contributed by atoms with van der Waals surface area (Å²) >= 11 is 0. The topological polar surface area (TPSA) is 90.3 Å². The molecule has 7 nitrogen and oxygen atoms in total. The Morgan fingerprint density at radius 1 is 1.00 bits per heavy atom. The van der Waals surface area contributed by atoms with E-state index in [-0.39, 0.29) is 16.8 Å². The number of morpholine rings is 1. The molecule has 0 spiro atoms. The van der Waals surface area contributed by atoms with Crippen LogP contribution in [0.15, 0.2) is 0 Å². The largest absolute Gasteiger partial charge is 0.478 e. The van der Waals surface area contributed by atoms with Gasteiger partial charge in [-0.15, -0.1) is 0 Å². The van der Waals surface area contributed by atoms with E-state index in [0.29, 0.717) is 43.1 Å². The van der Waals surface area contributed by atoms with Crippen LogP contribution >= 0.6 is 0 Å². The van der Waals surface area contributed by atoms with Crippen molar-refractivity contribution in [2.75, 3.05) is 50.2 Å². The lowest BCUT2D eigenvalue weighted by Crippen LogP contribution is -2.39. The summed E-state index contributed by atoms with van der Waals surface area (Å²) in [5.41, 5.74) is 2.18. The monoisotopic (exact) mass is 322 g/mol. The fraction of sp³-hybridized carbons (Fsp3) is 0.500. The number of aromatic carboxylic acids is 2. The molecule has 0 aromatic heterocycles. The van der Waals surface area contributed by atoms with E-state index in [1.807, 2.05) is 0 Å². The molecular weight excluding hydrogens is 300 g/mol. The average molecular weight is 322 g/mol. The van der Waals surface area contributed by atoms with Crippen LogP contribution in [0, 0.1) is 13.8 Å². The Kier molecular flexibility index (Phi) is 4.79. The maximum atomic E-state index is 12.0. The maximum absolute atomic E-state index is 12.0. The molecule has 1 fully saturated rings. The fourth-order valence-corrected chi connectivity index (χ4v) is 3.09. The summed E-state index contributed by atoms with van der Waals surface area (Å²) in [6, 6.07) is 0. The minimum Gasteiger partial charge on any atom is -0.478 e. The predicted octanol–water partition coefficient (Wildman–Crippen LogP) is 1.60. The molecule has 0 aliphatic carbocycles. The highest BCUT2D eigenvalue weighted by molar-refractivity contribution is 6.09. The van der Waals surface area contributed by atoms with Gasteiger partial charge in [0.1, 0.15) is 5.56 Å². The predicted molar refractivity (Wildman–Crippen MR) is 87.2 cm³/mol. The first kappa shape index (κ1) is 17.1. The number of ether oxygens (including phenoxy) is 1. The molecule has 0 atom stereocenters. The van der Waals surface area contributed by atoms with Crippen molar-refractivity contribution in [3.63, 3.8) is 0 Å². The Hall–Kier alpha value is -2.28. The summed E-state index contributed by atoms with van der Waals surface area (Å²) in [4.78, 5) is 27.3. The van der Waals surface area contributed by atoms with E-state index < -0.39 is 11.9 Å². The normalized spacial score (nSPS) is 14.7. The van der Waals surface area contributed by atoms with Crippen LogP contribution in [-0.2, 0) is 4.74 Å². The summed E-state index contributed by atoms with van der Waals surface area (Å²) in [6.07, 6.45) is 0.